The van der Waals surface area contributed by atoms with E-state index in [1.165, 1.54) is 16.0 Å². The number of amides is 2. The van der Waals surface area contributed by atoms with Crippen LogP contribution in [0.4, 0.5) is 5.69 Å². The van der Waals surface area contributed by atoms with Crippen LogP contribution in [0.1, 0.15) is 23.6 Å². The Morgan fingerprint density at radius 1 is 0.641 bits per heavy atom. The van der Waals surface area contributed by atoms with Crippen LogP contribution in [0.15, 0.2) is 125 Å². The Balaban J connectivity index is 1.18. The summed E-state index contributed by atoms with van der Waals surface area (Å²) in [6.45, 7) is 3.14. The van der Waals surface area contributed by atoms with Crippen LogP contribution in [0.25, 0.3) is 0 Å². The molecule has 1 atom stereocenters. The summed E-state index contributed by atoms with van der Waals surface area (Å²) in [6, 6.07) is 38.7. The molecular formula is C33H31N3O2S. The largest absolute Gasteiger partial charge is 0.290 e. The maximum absolute atomic E-state index is 13.7. The number of rotatable bonds is 7. The lowest BCUT2D eigenvalue weighted by atomic mass is 9.96. The first-order valence-electron chi connectivity index (χ1n) is 13.5. The zero-order chi connectivity index (χ0) is 26.6. The lowest BCUT2D eigenvalue weighted by Crippen LogP contribution is -2.53. The van der Waals surface area contributed by atoms with E-state index in [-0.39, 0.29) is 24.3 Å². The van der Waals surface area contributed by atoms with Gasteiger partial charge in [0, 0.05) is 36.0 Å². The predicted molar refractivity (Wildman–Crippen MR) is 156 cm³/mol. The van der Waals surface area contributed by atoms with E-state index >= 15 is 0 Å². The number of carbonyl (C=O) groups is 2. The van der Waals surface area contributed by atoms with Crippen molar-refractivity contribution < 1.29 is 9.59 Å². The van der Waals surface area contributed by atoms with E-state index in [1.54, 1.807) is 11.8 Å². The third-order valence-corrected chi connectivity index (χ3v) is 8.66. The summed E-state index contributed by atoms with van der Waals surface area (Å²) in [7, 11) is 0. The molecule has 0 saturated carbocycles. The van der Waals surface area contributed by atoms with Gasteiger partial charge in [-0.3, -0.25) is 19.4 Å². The van der Waals surface area contributed by atoms with Gasteiger partial charge < -0.3 is 0 Å². The Hall–Kier alpha value is -3.71. The standard InChI is InChI=1S/C33H31N3O2S/c37-31-24-29(33(38)36(31)28-18-10-11-19-30(28)39-27-16-8-3-9-17-27)34-20-22-35(23-21-34)32(25-12-4-1-5-13-25)26-14-6-2-7-15-26/h1-19,29,32H,20-24H2. The van der Waals surface area contributed by atoms with Gasteiger partial charge in [0.25, 0.3) is 5.91 Å². The first-order valence-corrected chi connectivity index (χ1v) is 14.3. The van der Waals surface area contributed by atoms with Crippen molar-refractivity contribution in [2.24, 2.45) is 0 Å². The maximum atomic E-state index is 13.7. The SMILES string of the molecule is O=C1CC(N2CCN(C(c3ccccc3)c3ccccc3)CC2)C(=O)N1c1ccccc1Sc1ccccc1. The molecule has 39 heavy (non-hydrogen) atoms. The second-order valence-corrected chi connectivity index (χ2v) is 11.1. The zero-order valence-electron chi connectivity index (χ0n) is 21.7. The van der Waals surface area contributed by atoms with E-state index in [0.29, 0.717) is 5.69 Å². The van der Waals surface area contributed by atoms with E-state index in [2.05, 4.69) is 70.5 Å². The highest BCUT2D eigenvalue weighted by molar-refractivity contribution is 7.99. The number of imide groups is 1. The molecule has 6 rings (SSSR count). The van der Waals surface area contributed by atoms with Gasteiger partial charge in [-0.25, -0.2) is 4.90 Å². The molecule has 4 aromatic rings. The minimum atomic E-state index is -0.415. The van der Waals surface area contributed by atoms with Crippen LogP contribution in [-0.2, 0) is 9.59 Å². The van der Waals surface area contributed by atoms with Crippen LogP contribution in [0.3, 0.4) is 0 Å². The average molecular weight is 534 g/mol. The Morgan fingerprint density at radius 2 is 1.18 bits per heavy atom. The topological polar surface area (TPSA) is 43.9 Å². The second kappa shape index (κ2) is 11.6. The third-order valence-electron chi connectivity index (χ3n) is 7.59. The minimum absolute atomic E-state index is 0.114. The molecule has 0 radical (unpaired) electrons. The van der Waals surface area contributed by atoms with Crippen molar-refractivity contribution in [3.63, 3.8) is 0 Å². The zero-order valence-corrected chi connectivity index (χ0v) is 22.5. The monoisotopic (exact) mass is 533 g/mol. The summed E-state index contributed by atoms with van der Waals surface area (Å²) >= 11 is 1.57. The van der Waals surface area contributed by atoms with Gasteiger partial charge in [0.05, 0.1) is 24.2 Å². The first-order chi connectivity index (χ1) is 19.2. The van der Waals surface area contributed by atoms with Gasteiger partial charge in [-0.15, -0.1) is 0 Å². The van der Waals surface area contributed by atoms with Crippen LogP contribution in [-0.4, -0.2) is 53.8 Å². The molecule has 1 unspecified atom stereocenters. The highest BCUT2D eigenvalue weighted by Crippen LogP contribution is 2.38. The van der Waals surface area contributed by atoms with Crippen molar-refractivity contribution >= 4 is 29.3 Å². The summed E-state index contributed by atoms with van der Waals surface area (Å²) in [5.74, 6) is -0.239. The lowest BCUT2D eigenvalue weighted by Gasteiger charge is -2.41. The van der Waals surface area contributed by atoms with E-state index in [1.807, 2.05) is 54.6 Å². The fourth-order valence-corrected chi connectivity index (χ4v) is 6.65. The number of carbonyl (C=O) groups excluding carboxylic acids is 2. The van der Waals surface area contributed by atoms with Crippen LogP contribution in [0.2, 0.25) is 0 Å². The van der Waals surface area contributed by atoms with Gasteiger partial charge >= 0.3 is 0 Å². The molecule has 4 aromatic carbocycles. The molecule has 5 nitrogen and oxygen atoms in total. The van der Waals surface area contributed by atoms with Crippen LogP contribution < -0.4 is 4.90 Å². The predicted octanol–water partition coefficient (Wildman–Crippen LogP) is 5.88. The van der Waals surface area contributed by atoms with Gasteiger partial charge in [0.2, 0.25) is 5.91 Å². The molecule has 0 bridgehead atoms. The molecule has 0 spiro atoms. The van der Waals surface area contributed by atoms with Crippen LogP contribution >= 0.6 is 11.8 Å². The Labute approximate surface area is 234 Å². The molecule has 2 aliphatic heterocycles. The van der Waals surface area contributed by atoms with E-state index < -0.39 is 6.04 Å². The molecule has 0 aliphatic carbocycles. The number of para-hydroxylation sites is 1. The van der Waals surface area contributed by atoms with Gasteiger partial charge in [-0.1, -0.05) is 103 Å². The number of anilines is 1. The molecule has 2 saturated heterocycles. The first kappa shape index (κ1) is 25.6. The second-order valence-electron chi connectivity index (χ2n) is 9.97. The van der Waals surface area contributed by atoms with Crippen molar-refractivity contribution in [3.05, 3.63) is 126 Å². The Kier molecular flexibility index (Phi) is 7.59. The van der Waals surface area contributed by atoms with Crippen molar-refractivity contribution in [3.8, 4) is 0 Å². The van der Waals surface area contributed by atoms with E-state index in [0.717, 1.165) is 36.0 Å². The van der Waals surface area contributed by atoms with E-state index in [4.69, 9.17) is 0 Å². The highest BCUT2D eigenvalue weighted by atomic mass is 32.2. The van der Waals surface area contributed by atoms with Crippen molar-refractivity contribution in [1.82, 2.24) is 9.80 Å². The number of hydrogen-bond donors (Lipinski definition) is 0. The van der Waals surface area contributed by atoms with Crippen molar-refractivity contribution in [2.45, 2.75) is 28.3 Å². The third kappa shape index (κ3) is 5.41. The minimum Gasteiger partial charge on any atom is -0.290 e. The maximum Gasteiger partial charge on any atom is 0.251 e. The summed E-state index contributed by atoms with van der Waals surface area (Å²) in [6.07, 6.45) is 0.226. The normalized spacial score (nSPS) is 18.7. The average Bonchev–Trinajstić information content (AvgIpc) is 3.29. The number of hydrogen-bond acceptors (Lipinski definition) is 5. The molecule has 2 aliphatic rings. The van der Waals surface area contributed by atoms with Gasteiger partial charge in [0.1, 0.15) is 0 Å². The van der Waals surface area contributed by atoms with E-state index in [9.17, 15) is 9.59 Å². The quantitative estimate of drug-likeness (QED) is 0.278. The van der Waals surface area contributed by atoms with Gasteiger partial charge in [-0.05, 0) is 35.4 Å². The van der Waals surface area contributed by atoms with Gasteiger partial charge in [0.15, 0.2) is 0 Å². The number of piperazine rings is 1. The molecule has 2 heterocycles. The summed E-state index contributed by atoms with van der Waals surface area (Å²) in [5.41, 5.74) is 3.21. The Morgan fingerprint density at radius 3 is 1.79 bits per heavy atom. The molecule has 2 amide bonds. The molecular weight excluding hydrogens is 502 g/mol. The summed E-state index contributed by atoms with van der Waals surface area (Å²) in [5, 5.41) is 0. The molecule has 0 aromatic heterocycles. The fraction of sp³-hybridized carbons (Fsp3) is 0.212. The van der Waals surface area contributed by atoms with Crippen molar-refractivity contribution in [1.29, 1.82) is 0 Å². The lowest BCUT2D eigenvalue weighted by molar-refractivity contribution is -0.123. The summed E-state index contributed by atoms with van der Waals surface area (Å²) < 4.78 is 0. The van der Waals surface area contributed by atoms with Crippen LogP contribution in [0, 0.1) is 0 Å². The van der Waals surface area contributed by atoms with Gasteiger partial charge in [-0.2, -0.15) is 0 Å². The van der Waals surface area contributed by atoms with Crippen LogP contribution in [0.5, 0.6) is 0 Å². The molecule has 2 fully saturated rings. The summed E-state index contributed by atoms with van der Waals surface area (Å²) in [4.78, 5) is 35.1. The molecule has 6 heteroatoms. The van der Waals surface area contributed by atoms with Crippen molar-refractivity contribution in [2.75, 3.05) is 31.1 Å². The highest BCUT2D eigenvalue weighted by Gasteiger charge is 2.44. The fourth-order valence-electron chi connectivity index (χ4n) is 5.69. The number of nitrogens with zero attached hydrogens (tertiary/aromatic N) is 3. The number of benzene rings is 4. The molecule has 0 N–H and O–H groups in total. The smallest absolute Gasteiger partial charge is 0.251 e. The molecule has 196 valence electrons. The Bertz CT molecular complexity index is 1380.